The van der Waals surface area contributed by atoms with Gasteiger partial charge in [-0.2, -0.15) is 0 Å². The lowest BCUT2D eigenvalue weighted by Gasteiger charge is -2.47. The average molecular weight is 718 g/mol. The van der Waals surface area contributed by atoms with Crippen molar-refractivity contribution in [2.45, 2.75) is 64.3 Å². The first-order chi connectivity index (χ1) is 23.1. The third kappa shape index (κ3) is 7.41. The smallest absolute Gasteiger partial charge is 0.364 e. The van der Waals surface area contributed by atoms with Crippen LogP contribution in [0.1, 0.15) is 54.1 Å². The minimum atomic E-state index is -1.45. The van der Waals surface area contributed by atoms with Crippen LogP contribution in [-0.4, -0.2) is 69.5 Å². The second-order valence-corrected chi connectivity index (χ2v) is 12.9. The Bertz CT molecular complexity index is 2000. The Hall–Kier alpha value is -4.53. The molecule has 0 bridgehead atoms. The number of halogens is 2. The summed E-state index contributed by atoms with van der Waals surface area (Å²) in [6, 6.07) is 9.71. The number of ether oxygens (including phenoxy) is 4. The number of carbonyl (C=O) groups is 2. The zero-order valence-corrected chi connectivity index (χ0v) is 28.5. The van der Waals surface area contributed by atoms with Gasteiger partial charge in [-0.15, -0.1) is 0 Å². The summed E-state index contributed by atoms with van der Waals surface area (Å²) in [6.07, 6.45) is -3.02. The van der Waals surface area contributed by atoms with Gasteiger partial charge >= 0.3 is 11.6 Å². The van der Waals surface area contributed by atoms with Gasteiger partial charge in [-0.1, -0.05) is 34.9 Å². The third-order valence-corrected chi connectivity index (χ3v) is 8.47. The maximum atomic E-state index is 13.1. The maximum Gasteiger partial charge on any atom is 0.364 e. The number of esters is 1. The molecular formula is C34H34Cl2N2O11. The predicted molar refractivity (Wildman–Crippen MR) is 180 cm³/mol. The number of aliphatic hydroxyl groups is 1. The van der Waals surface area contributed by atoms with Gasteiger partial charge in [-0.05, 0) is 82.1 Å². The van der Waals surface area contributed by atoms with Crippen LogP contribution in [0.4, 0.5) is 5.69 Å². The lowest BCUT2D eigenvalue weighted by molar-refractivity contribution is -0.305. The highest BCUT2D eigenvalue weighted by molar-refractivity contribution is 6.36. The molecule has 13 nitrogen and oxygen atoms in total. The van der Waals surface area contributed by atoms with Gasteiger partial charge in [0.15, 0.2) is 23.1 Å². The van der Waals surface area contributed by atoms with Crippen LogP contribution in [0, 0.1) is 0 Å². The number of hydrogen-bond donors (Lipinski definition) is 5. The molecule has 0 radical (unpaired) electrons. The summed E-state index contributed by atoms with van der Waals surface area (Å²) in [5.41, 5.74) is -1.45. The zero-order chi connectivity index (χ0) is 35.8. The van der Waals surface area contributed by atoms with Crippen molar-refractivity contribution in [3.63, 3.8) is 0 Å². The molecule has 1 aliphatic heterocycles. The van der Waals surface area contributed by atoms with Crippen molar-refractivity contribution in [2.24, 2.45) is 0 Å². The van der Waals surface area contributed by atoms with Gasteiger partial charge in [0.2, 0.25) is 6.29 Å². The summed E-state index contributed by atoms with van der Waals surface area (Å²) >= 11 is 12.5. The molecule has 0 spiro atoms. The van der Waals surface area contributed by atoms with E-state index in [0.717, 1.165) is 5.57 Å². The molecule has 1 amide bonds. The van der Waals surface area contributed by atoms with Gasteiger partial charge in [0.05, 0.1) is 11.0 Å². The molecule has 0 saturated carbocycles. The van der Waals surface area contributed by atoms with E-state index < -0.39 is 59.1 Å². The average Bonchev–Trinajstić information content (AvgIpc) is 3.48. The number of H-pyrrole nitrogens is 1. The summed E-state index contributed by atoms with van der Waals surface area (Å²) in [5.74, 6) is -2.34. The molecule has 5 N–H and O–H groups in total. The summed E-state index contributed by atoms with van der Waals surface area (Å²) in [4.78, 5) is 41.7. The number of phenolic OH excluding ortho intramolecular Hbond substituents is 1. The molecule has 260 valence electrons. The number of carbonyl (C=O) groups excluding carboxylic acids is 2. The van der Waals surface area contributed by atoms with E-state index in [1.807, 2.05) is 19.9 Å². The van der Waals surface area contributed by atoms with Gasteiger partial charge in [0, 0.05) is 12.7 Å². The second-order valence-electron chi connectivity index (χ2n) is 12.1. The molecule has 1 saturated heterocycles. The number of allylic oxidation sites excluding steroid dienone is 2. The summed E-state index contributed by atoms with van der Waals surface area (Å²) in [5, 5.41) is 34.7. The molecule has 4 aromatic rings. The van der Waals surface area contributed by atoms with Gasteiger partial charge in [0.1, 0.15) is 39.6 Å². The monoisotopic (exact) mass is 716 g/mol. The molecular weight excluding hydrogens is 683 g/mol. The molecule has 1 aliphatic rings. The van der Waals surface area contributed by atoms with Crippen LogP contribution in [0.25, 0.3) is 11.0 Å². The Labute approximate surface area is 289 Å². The number of nitrogens with one attached hydrogen (secondary N) is 2. The molecule has 0 unspecified atom stereocenters. The van der Waals surface area contributed by atoms with Crippen LogP contribution in [0.15, 0.2) is 63.3 Å². The first-order valence-corrected chi connectivity index (χ1v) is 15.7. The van der Waals surface area contributed by atoms with Crippen molar-refractivity contribution < 1.29 is 48.3 Å². The first-order valence-electron chi connectivity index (χ1n) is 15.0. The summed E-state index contributed by atoms with van der Waals surface area (Å²) < 4.78 is 28.5. The quantitative estimate of drug-likeness (QED) is 0.0810. The number of fused-ring (bicyclic) bond motifs is 1. The lowest BCUT2D eigenvalue weighted by atomic mass is 9.89. The van der Waals surface area contributed by atoms with E-state index in [-0.39, 0.29) is 43.9 Å². The largest absolute Gasteiger partial charge is 0.508 e. The van der Waals surface area contributed by atoms with E-state index in [4.69, 9.17) is 46.6 Å². The van der Waals surface area contributed by atoms with E-state index in [0.29, 0.717) is 12.0 Å². The predicted octanol–water partition coefficient (Wildman–Crippen LogP) is 5.72. The number of aromatic amines is 1. The van der Waals surface area contributed by atoms with Gasteiger partial charge in [0.25, 0.3) is 5.91 Å². The topological polar surface area (TPSA) is 190 Å². The highest BCUT2D eigenvalue weighted by Gasteiger charge is 2.53. The zero-order valence-electron chi connectivity index (χ0n) is 27.0. The number of aromatic hydroxyl groups is 2. The third-order valence-electron chi connectivity index (χ3n) is 7.89. The number of phenols is 1. The Morgan fingerprint density at radius 3 is 2.49 bits per heavy atom. The van der Waals surface area contributed by atoms with Crippen LogP contribution in [0.3, 0.4) is 0 Å². The van der Waals surface area contributed by atoms with Crippen LogP contribution in [0.5, 0.6) is 17.2 Å². The molecule has 1 fully saturated rings. The van der Waals surface area contributed by atoms with Gasteiger partial charge < -0.3 is 49.0 Å². The number of amides is 1. The fourth-order valence-corrected chi connectivity index (χ4v) is 5.82. The standard InChI is InChI=1S/C34H34Cl2N2O11/c1-15(2)6-7-16-14-17(8-11-20(16)39)30(42)38-24-25(40)18-9-12-21(23(36)27(18)47-32(24)44)46-33-28(26(41)29(45-5)34(3,4)49-33)48-31(43)19-10-13-22(35)37-19/h6,8-14,26,28-29,33,37,39-41H,7H2,1-5H3,(H,38,42)/t26-,28+,29+,33+/m0/s1. The van der Waals surface area contributed by atoms with E-state index in [1.165, 1.54) is 49.6 Å². The second kappa shape index (κ2) is 14.1. The Morgan fingerprint density at radius 1 is 1.10 bits per heavy atom. The Morgan fingerprint density at radius 2 is 1.84 bits per heavy atom. The molecule has 0 aliphatic carbocycles. The van der Waals surface area contributed by atoms with Crippen molar-refractivity contribution in [2.75, 3.05) is 12.4 Å². The van der Waals surface area contributed by atoms with Gasteiger partial charge in [-0.25, -0.2) is 9.59 Å². The summed E-state index contributed by atoms with van der Waals surface area (Å²) in [7, 11) is 1.36. The van der Waals surface area contributed by atoms with E-state index in [2.05, 4.69) is 10.3 Å². The molecule has 49 heavy (non-hydrogen) atoms. The first kappa shape index (κ1) is 35.8. The maximum absolute atomic E-state index is 13.1. The number of anilines is 1. The van der Waals surface area contributed by atoms with Crippen LogP contribution >= 0.6 is 23.2 Å². The number of aromatic nitrogens is 1. The molecule has 2 aromatic heterocycles. The SMILES string of the molecule is CO[C@@H]1[C@@H](O)[C@@H](OC(=O)c2ccc(Cl)[nH]2)[C@H](Oc2ccc3c(O)c(NC(=O)c4ccc(O)c(CC=C(C)C)c4)c(=O)oc3c2Cl)OC1(C)C. The molecule has 15 heteroatoms. The minimum absolute atomic E-state index is 0.0000868. The van der Waals surface area contributed by atoms with Gasteiger partial charge in [-0.3, -0.25) is 4.79 Å². The Kier molecular flexibility index (Phi) is 10.3. The van der Waals surface area contributed by atoms with Crippen molar-refractivity contribution in [3.05, 3.63) is 91.5 Å². The van der Waals surface area contributed by atoms with E-state index in [1.54, 1.807) is 13.8 Å². The van der Waals surface area contributed by atoms with Crippen LogP contribution in [0.2, 0.25) is 10.2 Å². The number of methoxy groups -OCH3 is 1. The highest BCUT2D eigenvalue weighted by atomic mass is 35.5. The fourth-order valence-electron chi connectivity index (χ4n) is 5.41. The molecule has 5 rings (SSSR count). The lowest BCUT2D eigenvalue weighted by Crippen LogP contribution is -2.64. The molecule has 2 aromatic carbocycles. The van der Waals surface area contributed by atoms with Crippen molar-refractivity contribution >= 4 is 51.7 Å². The van der Waals surface area contributed by atoms with Crippen LogP contribution in [-0.2, 0) is 20.6 Å². The number of aliphatic hydroxyl groups excluding tert-OH is 1. The molecule has 4 atom stereocenters. The summed E-state index contributed by atoms with van der Waals surface area (Å²) in [6.45, 7) is 7.08. The fraction of sp³-hybridized carbons (Fsp3) is 0.324. The van der Waals surface area contributed by atoms with E-state index >= 15 is 0 Å². The highest BCUT2D eigenvalue weighted by Crippen LogP contribution is 2.41. The minimum Gasteiger partial charge on any atom is -0.508 e. The van der Waals surface area contributed by atoms with E-state index in [9.17, 15) is 29.7 Å². The Balaban J connectivity index is 1.44. The number of hydrogen-bond acceptors (Lipinski definition) is 11. The van der Waals surface area contributed by atoms with Crippen LogP contribution < -0.4 is 15.7 Å². The van der Waals surface area contributed by atoms with Crippen molar-refractivity contribution in [1.82, 2.24) is 4.98 Å². The number of rotatable bonds is 9. The molecule has 3 heterocycles. The number of benzene rings is 2. The van der Waals surface area contributed by atoms with Crippen molar-refractivity contribution in [3.8, 4) is 17.2 Å². The van der Waals surface area contributed by atoms with Crippen molar-refractivity contribution in [1.29, 1.82) is 0 Å². The normalized spacial score (nSPS) is 20.1.